The summed E-state index contributed by atoms with van der Waals surface area (Å²) in [6.07, 6.45) is 4.44. The number of nitrogens with zero attached hydrogens (tertiary/aromatic N) is 5. The van der Waals surface area contributed by atoms with Crippen molar-refractivity contribution < 1.29 is 14.3 Å². The number of amides is 1. The molecule has 3 aromatic heterocycles. The lowest BCUT2D eigenvalue weighted by Crippen LogP contribution is -2.29. The number of aromatic nitrogens is 4. The van der Waals surface area contributed by atoms with Gasteiger partial charge < -0.3 is 25.0 Å². The van der Waals surface area contributed by atoms with Gasteiger partial charge in [0.25, 0.3) is 5.56 Å². The Morgan fingerprint density at radius 3 is 2.51 bits per heavy atom. The van der Waals surface area contributed by atoms with Gasteiger partial charge in [0.2, 0.25) is 12.4 Å². The zero-order valence-electron chi connectivity index (χ0n) is 23.6. The summed E-state index contributed by atoms with van der Waals surface area (Å²) >= 11 is 6.68. The highest BCUT2D eigenvalue weighted by Gasteiger charge is 2.19. The maximum atomic E-state index is 14.1. The number of rotatable bonds is 14. The Morgan fingerprint density at radius 2 is 1.85 bits per heavy atom. The van der Waals surface area contributed by atoms with Crippen LogP contribution < -0.4 is 25.7 Å². The molecule has 3 heterocycles. The molecule has 0 spiro atoms. The minimum absolute atomic E-state index is 0.269. The van der Waals surface area contributed by atoms with Gasteiger partial charge in [-0.25, -0.2) is 9.97 Å². The molecule has 41 heavy (non-hydrogen) atoms. The van der Waals surface area contributed by atoms with E-state index in [-0.39, 0.29) is 5.56 Å². The Kier molecular flexibility index (Phi) is 10.1. The van der Waals surface area contributed by atoms with Crippen molar-refractivity contribution in [2.24, 2.45) is 0 Å². The molecule has 0 bridgehead atoms. The normalized spacial score (nSPS) is 11.1. The number of benzene rings is 1. The zero-order chi connectivity index (χ0) is 29.4. The molecular weight excluding hydrogens is 546 g/mol. The number of carbonyl (C=O) groups is 1. The summed E-state index contributed by atoms with van der Waals surface area (Å²) in [5.74, 6) is 1.79. The number of fused-ring (bicyclic) bond motifs is 1. The van der Waals surface area contributed by atoms with Crippen molar-refractivity contribution in [1.82, 2.24) is 24.4 Å². The van der Waals surface area contributed by atoms with Crippen LogP contribution in [0.5, 0.6) is 11.5 Å². The number of hydrogen-bond donors (Lipinski definition) is 2. The summed E-state index contributed by atoms with van der Waals surface area (Å²) in [5, 5.41) is 6.78. The predicted octanol–water partition coefficient (Wildman–Crippen LogP) is 4.09. The number of likely N-dealkylation sites (N-methyl/N-ethyl adjacent to an activating group) is 1. The Morgan fingerprint density at radius 1 is 1.05 bits per heavy atom. The molecule has 11 nitrogen and oxygen atoms in total. The highest BCUT2D eigenvalue weighted by atomic mass is 35.5. The molecule has 0 fully saturated rings. The van der Waals surface area contributed by atoms with Gasteiger partial charge in [0, 0.05) is 54.6 Å². The monoisotopic (exact) mass is 579 g/mol. The van der Waals surface area contributed by atoms with E-state index >= 15 is 0 Å². The number of halogens is 1. The van der Waals surface area contributed by atoms with Gasteiger partial charge in [0.05, 0.1) is 19.2 Å². The predicted molar refractivity (Wildman–Crippen MR) is 161 cm³/mol. The van der Waals surface area contributed by atoms with Gasteiger partial charge in [0.1, 0.15) is 23.0 Å². The van der Waals surface area contributed by atoms with Gasteiger partial charge >= 0.3 is 0 Å². The lowest BCUT2D eigenvalue weighted by molar-refractivity contribution is -0.105. The fourth-order valence-electron chi connectivity index (χ4n) is 4.50. The van der Waals surface area contributed by atoms with E-state index in [9.17, 15) is 9.59 Å². The molecule has 0 aliphatic carbocycles. The summed E-state index contributed by atoms with van der Waals surface area (Å²) in [5.41, 5.74) is 1.97. The minimum atomic E-state index is -0.269. The molecule has 4 rings (SSSR count). The quantitative estimate of drug-likeness (QED) is 0.213. The number of nitrogens with one attached hydrogen (secondary N) is 2. The number of carbonyl (C=O) groups excluding carboxylic acids is 1. The van der Waals surface area contributed by atoms with Crippen LogP contribution in [0.25, 0.3) is 22.2 Å². The van der Waals surface area contributed by atoms with Gasteiger partial charge in [-0.3, -0.25) is 14.2 Å². The molecular formula is C29H34ClN7O4. The first-order valence-corrected chi connectivity index (χ1v) is 13.7. The van der Waals surface area contributed by atoms with Crippen molar-refractivity contribution in [2.75, 3.05) is 51.0 Å². The molecule has 1 aromatic carbocycles. The molecule has 0 atom stereocenters. The molecule has 0 saturated heterocycles. The third-order valence-electron chi connectivity index (χ3n) is 6.85. The van der Waals surface area contributed by atoms with Gasteiger partial charge in [0.15, 0.2) is 0 Å². The molecule has 0 unspecified atom stereocenters. The second kappa shape index (κ2) is 13.9. The van der Waals surface area contributed by atoms with Crippen molar-refractivity contribution in [3.8, 4) is 22.6 Å². The Hall–Kier alpha value is -4.22. The van der Waals surface area contributed by atoms with E-state index in [4.69, 9.17) is 26.1 Å². The Balaban J connectivity index is 1.78. The summed E-state index contributed by atoms with van der Waals surface area (Å²) in [6.45, 7) is 7.99. The van der Waals surface area contributed by atoms with Crippen LogP contribution in [0, 0.1) is 0 Å². The van der Waals surface area contributed by atoms with Crippen molar-refractivity contribution in [3.63, 3.8) is 0 Å². The van der Waals surface area contributed by atoms with Crippen molar-refractivity contribution >= 4 is 40.8 Å². The Bertz CT molecular complexity index is 1560. The van der Waals surface area contributed by atoms with Crippen LogP contribution in [0.4, 0.5) is 11.8 Å². The summed E-state index contributed by atoms with van der Waals surface area (Å²) in [6, 6.07) is 8.69. The van der Waals surface area contributed by atoms with Gasteiger partial charge in [-0.2, -0.15) is 4.98 Å². The summed E-state index contributed by atoms with van der Waals surface area (Å²) < 4.78 is 12.5. The molecule has 0 radical (unpaired) electrons. The highest BCUT2D eigenvalue weighted by Crippen LogP contribution is 2.38. The standard InChI is InChI=1S/C29H34ClN7O4/c1-5-36(6-2)12-10-31-29-33-17-20-13-23(22-14-21(40-3)15-24(41-4)26(22)30)28(39)37(27(20)35-29)11-9-19-7-8-25(32-16-19)34-18-38/h7-8,13-18H,5-6,9-12H2,1-4H3,(H,31,33,35)(H,32,34,38). The molecule has 0 aliphatic heterocycles. The molecule has 0 saturated carbocycles. The molecule has 2 N–H and O–H groups in total. The summed E-state index contributed by atoms with van der Waals surface area (Å²) in [7, 11) is 3.05. The molecule has 4 aromatic rings. The number of methoxy groups -OCH3 is 2. The third-order valence-corrected chi connectivity index (χ3v) is 7.24. The van der Waals surface area contributed by atoms with Gasteiger partial charge in [-0.05, 0) is 43.3 Å². The fraction of sp³-hybridized carbons (Fsp3) is 0.345. The second-order valence-corrected chi connectivity index (χ2v) is 9.57. The van der Waals surface area contributed by atoms with E-state index in [1.807, 2.05) is 6.07 Å². The number of pyridine rings is 2. The van der Waals surface area contributed by atoms with Crippen LogP contribution in [0.1, 0.15) is 19.4 Å². The van der Waals surface area contributed by atoms with Gasteiger partial charge in [-0.15, -0.1) is 0 Å². The van der Waals surface area contributed by atoms with Crippen LogP contribution in [0.2, 0.25) is 5.02 Å². The first-order valence-electron chi connectivity index (χ1n) is 13.4. The molecule has 0 aliphatic rings. The lowest BCUT2D eigenvalue weighted by Gasteiger charge is -2.18. The number of hydrogen-bond acceptors (Lipinski definition) is 9. The number of aryl methyl sites for hydroxylation is 2. The molecule has 216 valence electrons. The first kappa shape index (κ1) is 29.8. The van der Waals surface area contributed by atoms with E-state index in [0.717, 1.165) is 25.2 Å². The SMILES string of the molecule is CCN(CC)CCNc1ncc2cc(-c3cc(OC)cc(OC)c3Cl)c(=O)n(CCc3ccc(NC=O)nc3)c2n1. The number of anilines is 2. The van der Waals surface area contributed by atoms with Crippen molar-refractivity contribution in [3.05, 3.63) is 63.7 Å². The van der Waals surface area contributed by atoms with E-state index in [1.54, 1.807) is 41.2 Å². The van der Waals surface area contributed by atoms with E-state index in [2.05, 4.69) is 39.3 Å². The fourth-order valence-corrected chi connectivity index (χ4v) is 4.79. The minimum Gasteiger partial charge on any atom is -0.497 e. The smallest absolute Gasteiger partial charge is 0.260 e. The average molecular weight is 580 g/mol. The van der Waals surface area contributed by atoms with E-state index < -0.39 is 0 Å². The lowest BCUT2D eigenvalue weighted by atomic mass is 10.0. The van der Waals surface area contributed by atoms with Crippen LogP contribution >= 0.6 is 11.6 Å². The third kappa shape index (κ3) is 6.93. The maximum absolute atomic E-state index is 14.1. The van der Waals surface area contributed by atoms with Crippen LogP contribution in [0.15, 0.2) is 47.5 Å². The first-order chi connectivity index (χ1) is 19.9. The molecule has 1 amide bonds. The maximum Gasteiger partial charge on any atom is 0.260 e. The number of ether oxygens (including phenoxy) is 2. The highest BCUT2D eigenvalue weighted by molar-refractivity contribution is 6.35. The van der Waals surface area contributed by atoms with Crippen LogP contribution in [-0.4, -0.2) is 71.2 Å². The van der Waals surface area contributed by atoms with Crippen LogP contribution in [0.3, 0.4) is 0 Å². The van der Waals surface area contributed by atoms with Crippen LogP contribution in [-0.2, 0) is 17.8 Å². The average Bonchev–Trinajstić information content (AvgIpc) is 3.00. The largest absolute Gasteiger partial charge is 0.497 e. The zero-order valence-corrected chi connectivity index (χ0v) is 24.4. The van der Waals surface area contributed by atoms with Gasteiger partial charge in [-0.1, -0.05) is 31.5 Å². The van der Waals surface area contributed by atoms with Crippen molar-refractivity contribution in [2.45, 2.75) is 26.8 Å². The summed E-state index contributed by atoms with van der Waals surface area (Å²) in [4.78, 5) is 40.6. The molecule has 12 heteroatoms. The van der Waals surface area contributed by atoms with Crippen molar-refractivity contribution in [1.29, 1.82) is 0 Å². The van der Waals surface area contributed by atoms with E-state index in [1.165, 1.54) is 14.2 Å². The topological polar surface area (TPSA) is 124 Å². The Labute approximate surface area is 243 Å². The second-order valence-electron chi connectivity index (χ2n) is 9.20. The van der Waals surface area contributed by atoms with E-state index in [0.29, 0.717) is 76.4 Å².